The van der Waals surface area contributed by atoms with Crippen LogP contribution in [0.15, 0.2) is 42.5 Å². The van der Waals surface area contributed by atoms with E-state index in [0.717, 1.165) is 3.57 Å². The first-order chi connectivity index (χ1) is 14.2. The summed E-state index contributed by atoms with van der Waals surface area (Å²) in [6.07, 6.45) is 0. The molecule has 2 amide bonds. The lowest BCUT2D eigenvalue weighted by Crippen LogP contribution is -2.49. The standard InChI is InChI=1S/C22H25Cl2IN2O3/c1-14(2)11-26-22(29)15(3)27(12-18-19(23)5-4-6-20(18)24)21(28)13-30-17-9-7-16(25)8-10-17/h4-10,14-15H,11-13H2,1-3H3,(H,26,29)/t15-/m1/s1. The quantitative estimate of drug-likeness (QED) is 0.429. The van der Waals surface area contributed by atoms with E-state index in [9.17, 15) is 9.59 Å². The van der Waals surface area contributed by atoms with Crippen molar-refractivity contribution in [3.63, 3.8) is 0 Å². The van der Waals surface area contributed by atoms with Gasteiger partial charge in [-0.2, -0.15) is 0 Å². The lowest BCUT2D eigenvalue weighted by molar-refractivity contribution is -0.142. The fourth-order valence-electron chi connectivity index (χ4n) is 2.65. The molecule has 0 unspecified atom stereocenters. The summed E-state index contributed by atoms with van der Waals surface area (Å²) in [5.41, 5.74) is 0.590. The molecule has 0 aliphatic carbocycles. The Labute approximate surface area is 201 Å². The van der Waals surface area contributed by atoms with Crippen molar-refractivity contribution in [1.29, 1.82) is 0 Å². The molecule has 1 atom stereocenters. The molecular formula is C22H25Cl2IN2O3. The third-order valence-corrected chi connectivity index (χ3v) is 5.85. The van der Waals surface area contributed by atoms with Crippen molar-refractivity contribution in [1.82, 2.24) is 10.2 Å². The topological polar surface area (TPSA) is 58.6 Å². The van der Waals surface area contributed by atoms with Gasteiger partial charge in [-0.1, -0.05) is 43.1 Å². The first kappa shape index (κ1) is 24.8. The maximum Gasteiger partial charge on any atom is 0.261 e. The minimum Gasteiger partial charge on any atom is -0.484 e. The van der Waals surface area contributed by atoms with Gasteiger partial charge in [-0.05, 0) is 71.8 Å². The van der Waals surface area contributed by atoms with Gasteiger partial charge in [0.05, 0.1) is 0 Å². The van der Waals surface area contributed by atoms with E-state index in [0.29, 0.717) is 33.8 Å². The lowest BCUT2D eigenvalue weighted by Gasteiger charge is -2.29. The molecule has 1 N–H and O–H groups in total. The molecule has 0 saturated carbocycles. The van der Waals surface area contributed by atoms with Crippen molar-refractivity contribution in [2.45, 2.75) is 33.4 Å². The number of carbonyl (C=O) groups is 2. The molecular weight excluding hydrogens is 538 g/mol. The van der Waals surface area contributed by atoms with Crippen LogP contribution >= 0.6 is 45.8 Å². The van der Waals surface area contributed by atoms with Crippen LogP contribution in [0.1, 0.15) is 26.3 Å². The fourth-order valence-corrected chi connectivity index (χ4v) is 3.52. The molecule has 0 aromatic heterocycles. The Morgan fingerprint density at radius 1 is 1.07 bits per heavy atom. The third kappa shape index (κ3) is 7.32. The van der Waals surface area contributed by atoms with Crippen LogP contribution < -0.4 is 10.1 Å². The Morgan fingerprint density at radius 3 is 2.23 bits per heavy atom. The predicted octanol–water partition coefficient (Wildman–Crippen LogP) is 5.17. The molecule has 162 valence electrons. The lowest BCUT2D eigenvalue weighted by atomic mass is 10.1. The summed E-state index contributed by atoms with van der Waals surface area (Å²) in [6, 6.07) is 11.8. The van der Waals surface area contributed by atoms with Gasteiger partial charge in [0.15, 0.2) is 6.61 Å². The van der Waals surface area contributed by atoms with Crippen LogP contribution in [0, 0.1) is 9.49 Å². The number of nitrogens with one attached hydrogen (secondary N) is 1. The molecule has 2 rings (SSSR count). The highest BCUT2D eigenvalue weighted by atomic mass is 127. The molecule has 2 aromatic rings. The monoisotopic (exact) mass is 562 g/mol. The first-order valence-electron chi connectivity index (χ1n) is 9.57. The van der Waals surface area contributed by atoms with E-state index in [1.54, 1.807) is 37.3 Å². The highest BCUT2D eigenvalue weighted by molar-refractivity contribution is 14.1. The van der Waals surface area contributed by atoms with Crippen LogP contribution in [0.4, 0.5) is 0 Å². The Hall–Kier alpha value is -1.51. The van der Waals surface area contributed by atoms with Gasteiger partial charge in [-0.25, -0.2) is 0 Å². The van der Waals surface area contributed by atoms with Crippen molar-refractivity contribution in [3.8, 4) is 5.75 Å². The van der Waals surface area contributed by atoms with Crippen LogP contribution in [0.3, 0.4) is 0 Å². The number of benzene rings is 2. The number of carbonyl (C=O) groups excluding carboxylic acids is 2. The van der Waals surface area contributed by atoms with Crippen molar-refractivity contribution in [2.75, 3.05) is 13.2 Å². The number of amides is 2. The van der Waals surface area contributed by atoms with Gasteiger partial charge >= 0.3 is 0 Å². The van der Waals surface area contributed by atoms with E-state index in [1.165, 1.54) is 4.90 Å². The number of rotatable bonds is 9. The molecule has 0 aliphatic rings. The Morgan fingerprint density at radius 2 is 1.67 bits per heavy atom. The molecule has 2 aromatic carbocycles. The molecule has 0 radical (unpaired) electrons. The minimum atomic E-state index is -0.719. The normalized spacial score (nSPS) is 11.8. The number of ether oxygens (including phenoxy) is 1. The van der Waals surface area contributed by atoms with Crippen LogP contribution in [0.2, 0.25) is 10.0 Å². The molecule has 0 saturated heterocycles. The third-order valence-electron chi connectivity index (χ3n) is 4.42. The van der Waals surface area contributed by atoms with Gasteiger partial charge in [0.1, 0.15) is 11.8 Å². The Bertz CT molecular complexity index is 855. The number of halogens is 3. The second kappa shape index (κ2) is 11.8. The highest BCUT2D eigenvalue weighted by Gasteiger charge is 2.27. The minimum absolute atomic E-state index is 0.101. The second-order valence-corrected chi connectivity index (χ2v) is 9.34. The van der Waals surface area contributed by atoms with E-state index in [1.807, 2.05) is 26.0 Å². The summed E-state index contributed by atoms with van der Waals surface area (Å²) in [4.78, 5) is 27.1. The molecule has 5 nitrogen and oxygen atoms in total. The second-order valence-electron chi connectivity index (χ2n) is 7.28. The maximum atomic E-state index is 13.0. The predicted molar refractivity (Wildman–Crippen MR) is 129 cm³/mol. The molecule has 0 aliphatic heterocycles. The summed E-state index contributed by atoms with van der Waals surface area (Å²) in [7, 11) is 0. The summed E-state index contributed by atoms with van der Waals surface area (Å²) in [6.45, 7) is 6.12. The largest absolute Gasteiger partial charge is 0.484 e. The van der Waals surface area contributed by atoms with E-state index >= 15 is 0 Å². The molecule has 0 bridgehead atoms. The highest BCUT2D eigenvalue weighted by Crippen LogP contribution is 2.26. The average molecular weight is 563 g/mol. The smallest absolute Gasteiger partial charge is 0.261 e. The zero-order valence-electron chi connectivity index (χ0n) is 17.1. The van der Waals surface area contributed by atoms with Crippen LogP contribution in [-0.4, -0.2) is 35.9 Å². The molecule has 0 heterocycles. The van der Waals surface area contributed by atoms with Crippen molar-refractivity contribution in [3.05, 3.63) is 61.6 Å². The van der Waals surface area contributed by atoms with Crippen molar-refractivity contribution < 1.29 is 14.3 Å². The van der Waals surface area contributed by atoms with E-state index in [4.69, 9.17) is 27.9 Å². The zero-order valence-corrected chi connectivity index (χ0v) is 20.8. The molecule has 0 fully saturated rings. The summed E-state index contributed by atoms with van der Waals surface area (Å²) in [5, 5.41) is 3.75. The Balaban J connectivity index is 2.19. The zero-order chi connectivity index (χ0) is 22.3. The first-order valence-corrected chi connectivity index (χ1v) is 11.4. The Kier molecular flexibility index (Phi) is 9.71. The summed E-state index contributed by atoms with van der Waals surface area (Å²) >= 11 is 14.8. The van der Waals surface area contributed by atoms with Gasteiger partial charge in [-0.3, -0.25) is 9.59 Å². The average Bonchev–Trinajstić information content (AvgIpc) is 2.70. The van der Waals surface area contributed by atoms with Gasteiger partial charge in [-0.15, -0.1) is 0 Å². The van der Waals surface area contributed by atoms with Gasteiger partial charge < -0.3 is 15.0 Å². The van der Waals surface area contributed by atoms with E-state index in [-0.39, 0.29) is 25.0 Å². The summed E-state index contributed by atoms with van der Waals surface area (Å²) in [5.74, 6) is 0.301. The number of hydrogen-bond acceptors (Lipinski definition) is 3. The SMILES string of the molecule is CC(C)CNC(=O)[C@@H](C)N(Cc1c(Cl)cccc1Cl)C(=O)COc1ccc(I)cc1. The van der Waals surface area contributed by atoms with Gasteiger partial charge in [0.2, 0.25) is 5.91 Å². The van der Waals surface area contributed by atoms with Crippen LogP contribution in [-0.2, 0) is 16.1 Å². The van der Waals surface area contributed by atoms with Crippen molar-refractivity contribution >= 4 is 57.6 Å². The fraction of sp³-hybridized carbons (Fsp3) is 0.364. The summed E-state index contributed by atoms with van der Waals surface area (Å²) < 4.78 is 6.70. The van der Waals surface area contributed by atoms with E-state index in [2.05, 4.69) is 27.9 Å². The van der Waals surface area contributed by atoms with Crippen molar-refractivity contribution in [2.24, 2.45) is 5.92 Å². The molecule has 0 spiro atoms. The number of hydrogen-bond donors (Lipinski definition) is 1. The molecule has 8 heteroatoms. The van der Waals surface area contributed by atoms with E-state index < -0.39 is 6.04 Å². The van der Waals surface area contributed by atoms with Crippen LogP contribution in [0.25, 0.3) is 0 Å². The number of nitrogens with zero attached hydrogens (tertiary/aromatic N) is 1. The van der Waals surface area contributed by atoms with Gasteiger partial charge in [0, 0.05) is 32.3 Å². The maximum absolute atomic E-state index is 13.0. The van der Waals surface area contributed by atoms with Gasteiger partial charge in [0.25, 0.3) is 5.91 Å². The van der Waals surface area contributed by atoms with Crippen LogP contribution in [0.5, 0.6) is 5.75 Å². The molecule has 30 heavy (non-hydrogen) atoms.